The van der Waals surface area contributed by atoms with Gasteiger partial charge in [0.1, 0.15) is 10.6 Å². The number of carbonyl (C=O) groups excluding carboxylic acids is 1. The van der Waals surface area contributed by atoms with Crippen LogP contribution in [0.1, 0.15) is 25.1 Å². The molecule has 120 valence electrons. The number of carbonyl (C=O) groups is 1. The number of aromatic nitrogens is 2. The van der Waals surface area contributed by atoms with E-state index in [4.69, 9.17) is 4.42 Å². The summed E-state index contributed by atoms with van der Waals surface area (Å²) in [6, 6.07) is 5.25. The highest BCUT2D eigenvalue weighted by Gasteiger charge is 2.19. The van der Waals surface area contributed by atoms with Crippen LogP contribution in [-0.2, 0) is 11.3 Å². The lowest BCUT2D eigenvalue weighted by Gasteiger charge is -2.23. The standard InChI is InChI=1S/C16H17N3O3S/c1-11(13-4-3-8-22-13)18(2)14(20)5-7-19-10-17-15-12(16(19)21)6-9-23-15/h3-4,6,8-11H,5,7H2,1-2H3. The van der Waals surface area contributed by atoms with Gasteiger partial charge in [-0.15, -0.1) is 11.3 Å². The molecule has 7 heteroatoms. The van der Waals surface area contributed by atoms with Gasteiger partial charge >= 0.3 is 0 Å². The van der Waals surface area contributed by atoms with Gasteiger partial charge in [0.15, 0.2) is 0 Å². The molecule has 1 atom stereocenters. The van der Waals surface area contributed by atoms with Crippen molar-refractivity contribution in [3.8, 4) is 0 Å². The first kappa shape index (κ1) is 15.5. The minimum Gasteiger partial charge on any atom is -0.467 e. The molecule has 3 aromatic rings. The third-order valence-electron chi connectivity index (χ3n) is 3.95. The average Bonchev–Trinajstić information content (AvgIpc) is 3.23. The van der Waals surface area contributed by atoms with Gasteiger partial charge in [-0.3, -0.25) is 14.2 Å². The SMILES string of the molecule is CC(c1ccco1)N(C)C(=O)CCn1cnc2sccc2c1=O. The third-order valence-corrected chi connectivity index (χ3v) is 4.77. The van der Waals surface area contributed by atoms with Crippen LogP contribution in [0, 0.1) is 0 Å². The molecule has 3 rings (SSSR count). The lowest BCUT2D eigenvalue weighted by atomic mass is 10.2. The van der Waals surface area contributed by atoms with Crippen molar-refractivity contribution >= 4 is 27.5 Å². The van der Waals surface area contributed by atoms with Gasteiger partial charge in [-0.1, -0.05) is 0 Å². The molecule has 3 heterocycles. The average molecular weight is 331 g/mol. The van der Waals surface area contributed by atoms with E-state index in [0.29, 0.717) is 11.9 Å². The van der Waals surface area contributed by atoms with Crippen molar-refractivity contribution in [3.05, 3.63) is 52.3 Å². The Balaban J connectivity index is 1.68. The summed E-state index contributed by atoms with van der Waals surface area (Å²) in [5.41, 5.74) is -0.106. The zero-order valence-electron chi connectivity index (χ0n) is 12.9. The summed E-state index contributed by atoms with van der Waals surface area (Å²) in [5.74, 6) is 0.686. The van der Waals surface area contributed by atoms with Gasteiger partial charge in [0.25, 0.3) is 5.56 Å². The number of fused-ring (bicyclic) bond motifs is 1. The summed E-state index contributed by atoms with van der Waals surface area (Å²) >= 11 is 1.43. The zero-order valence-corrected chi connectivity index (χ0v) is 13.7. The quantitative estimate of drug-likeness (QED) is 0.721. The van der Waals surface area contributed by atoms with E-state index in [0.717, 1.165) is 10.6 Å². The van der Waals surface area contributed by atoms with E-state index in [2.05, 4.69) is 4.98 Å². The summed E-state index contributed by atoms with van der Waals surface area (Å²) in [5, 5.41) is 2.44. The van der Waals surface area contributed by atoms with Crippen LogP contribution in [-0.4, -0.2) is 27.4 Å². The minimum absolute atomic E-state index is 0.0498. The van der Waals surface area contributed by atoms with Gasteiger partial charge in [-0.05, 0) is 30.5 Å². The Morgan fingerprint density at radius 1 is 1.48 bits per heavy atom. The molecule has 0 aromatic carbocycles. The van der Waals surface area contributed by atoms with Gasteiger partial charge in [0, 0.05) is 20.0 Å². The van der Waals surface area contributed by atoms with Crippen LogP contribution in [0.15, 0.2) is 45.4 Å². The molecule has 6 nitrogen and oxygen atoms in total. The molecule has 0 saturated heterocycles. The predicted molar refractivity (Wildman–Crippen MR) is 88.4 cm³/mol. The topological polar surface area (TPSA) is 68.3 Å². The van der Waals surface area contributed by atoms with Crippen LogP contribution in [0.3, 0.4) is 0 Å². The summed E-state index contributed by atoms with van der Waals surface area (Å²) < 4.78 is 6.81. The minimum atomic E-state index is -0.147. The highest BCUT2D eigenvalue weighted by Crippen LogP contribution is 2.19. The molecule has 0 aliphatic rings. The number of rotatable bonds is 5. The van der Waals surface area contributed by atoms with Crippen LogP contribution < -0.4 is 5.56 Å². The van der Waals surface area contributed by atoms with Crippen LogP contribution in [0.2, 0.25) is 0 Å². The molecule has 0 radical (unpaired) electrons. The van der Waals surface area contributed by atoms with Crippen molar-refractivity contribution in [3.63, 3.8) is 0 Å². The molecule has 0 spiro atoms. The fraction of sp³-hybridized carbons (Fsp3) is 0.312. The second-order valence-corrected chi connectivity index (χ2v) is 6.22. The fourth-order valence-corrected chi connectivity index (χ4v) is 3.10. The lowest BCUT2D eigenvalue weighted by Crippen LogP contribution is -2.31. The van der Waals surface area contributed by atoms with Crippen LogP contribution >= 0.6 is 11.3 Å². The number of furan rings is 1. The van der Waals surface area contributed by atoms with Gasteiger partial charge in [0.2, 0.25) is 5.91 Å². The van der Waals surface area contributed by atoms with Crippen molar-refractivity contribution in [2.75, 3.05) is 7.05 Å². The van der Waals surface area contributed by atoms with E-state index in [9.17, 15) is 9.59 Å². The number of hydrogen-bond acceptors (Lipinski definition) is 5. The fourth-order valence-electron chi connectivity index (χ4n) is 2.38. The van der Waals surface area contributed by atoms with Gasteiger partial charge < -0.3 is 9.32 Å². The summed E-state index contributed by atoms with van der Waals surface area (Å²) in [7, 11) is 1.73. The van der Waals surface area contributed by atoms with Crippen LogP contribution in [0.25, 0.3) is 10.2 Å². The van der Waals surface area contributed by atoms with Gasteiger partial charge in [-0.2, -0.15) is 0 Å². The molecular formula is C16H17N3O3S. The molecule has 0 N–H and O–H groups in total. The molecule has 1 amide bonds. The summed E-state index contributed by atoms with van der Waals surface area (Å²) in [6.07, 6.45) is 3.33. The monoisotopic (exact) mass is 331 g/mol. The highest BCUT2D eigenvalue weighted by atomic mass is 32.1. The van der Waals surface area contributed by atoms with Crippen LogP contribution in [0.4, 0.5) is 0 Å². The maximum Gasteiger partial charge on any atom is 0.262 e. The lowest BCUT2D eigenvalue weighted by molar-refractivity contribution is -0.132. The number of hydrogen-bond donors (Lipinski definition) is 0. The van der Waals surface area contributed by atoms with Crippen molar-refractivity contribution in [1.29, 1.82) is 0 Å². The second kappa shape index (κ2) is 6.37. The van der Waals surface area contributed by atoms with E-state index < -0.39 is 0 Å². The van der Waals surface area contributed by atoms with E-state index in [-0.39, 0.29) is 23.9 Å². The molecule has 1 unspecified atom stereocenters. The molecule has 0 aliphatic heterocycles. The Morgan fingerprint density at radius 3 is 3.04 bits per heavy atom. The van der Waals surface area contributed by atoms with Crippen molar-refractivity contribution in [1.82, 2.24) is 14.5 Å². The maximum atomic E-state index is 12.3. The Kier molecular flexibility index (Phi) is 4.29. The molecule has 0 saturated carbocycles. The first-order valence-corrected chi connectivity index (χ1v) is 8.17. The van der Waals surface area contributed by atoms with E-state index in [1.165, 1.54) is 22.2 Å². The molecule has 23 heavy (non-hydrogen) atoms. The highest BCUT2D eigenvalue weighted by molar-refractivity contribution is 7.16. The van der Waals surface area contributed by atoms with Gasteiger partial charge in [-0.25, -0.2) is 4.98 Å². The third kappa shape index (κ3) is 3.05. The largest absolute Gasteiger partial charge is 0.467 e. The first-order valence-electron chi connectivity index (χ1n) is 7.29. The summed E-state index contributed by atoms with van der Waals surface area (Å²) in [4.78, 5) is 31.2. The maximum absolute atomic E-state index is 12.3. The second-order valence-electron chi connectivity index (χ2n) is 5.33. The van der Waals surface area contributed by atoms with Crippen molar-refractivity contribution in [2.45, 2.75) is 25.9 Å². The number of thiophene rings is 1. The molecule has 0 fully saturated rings. The van der Waals surface area contributed by atoms with E-state index >= 15 is 0 Å². The van der Waals surface area contributed by atoms with Gasteiger partial charge in [0.05, 0.1) is 24.0 Å². The Hall–Kier alpha value is -2.41. The molecule has 3 aromatic heterocycles. The molecule has 0 bridgehead atoms. The molecular weight excluding hydrogens is 314 g/mol. The normalized spacial score (nSPS) is 12.4. The number of aryl methyl sites for hydroxylation is 1. The van der Waals surface area contributed by atoms with Crippen LogP contribution in [0.5, 0.6) is 0 Å². The zero-order chi connectivity index (χ0) is 16.4. The van der Waals surface area contributed by atoms with E-state index in [1.54, 1.807) is 30.3 Å². The predicted octanol–water partition coefficient (Wildman–Crippen LogP) is 2.66. The Labute approximate surface area is 137 Å². The number of amides is 1. The number of nitrogens with zero attached hydrogens (tertiary/aromatic N) is 3. The Morgan fingerprint density at radius 2 is 2.30 bits per heavy atom. The Bertz CT molecular complexity index is 866. The summed E-state index contributed by atoms with van der Waals surface area (Å²) in [6.45, 7) is 2.22. The molecule has 0 aliphatic carbocycles. The van der Waals surface area contributed by atoms with E-state index in [1.807, 2.05) is 18.4 Å². The van der Waals surface area contributed by atoms with Crippen molar-refractivity contribution < 1.29 is 9.21 Å². The van der Waals surface area contributed by atoms with Crippen molar-refractivity contribution in [2.24, 2.45) is 0 Å². The first-order chi connectivity index (χ1) is 11.1. The smallest absolute Gasteiger partial charge is 0.262 e.